The minimum absolute atomic E-state index is 0.0689. The molecule has 0 aromatic heterocycles. The van der Waals surface area contributed by atoms with Gasteiger partial charge in [-0.25, -0.2) is 12.8 Å². The maximum Gasteiger partial charge on any atom is 0.272 e. The van der Waals surface area contributed by atoms with E-state index in [0.29, 0.717) is 19.3 Å². The van der Waals surface area contributed by atoms with Crippen molar-refractivity contribution >= 4 is 25.4 Å². The summed E-state index contributed by atoms with van der Waals surface area (Å²) in [6.07, 6.45) is 1.50. The number of halogens is 2. The Kier molecular flexibility index (Phi) is 6.15. The lowest BCUT2D eigenvalue weighted by Gasteiger charge is -2.06. The number of nitrogens with zero attached hydrogens (tertiary/aromatic N) is 1. The van der Waals surface area contributed by atoms with Crippen molar-refractivity contribution in [1.82, 2.24) is 0 Å². The molecule has 0 saturated heterocycles. The van der Waals surface area contributed by atoms with E-state index in [-0.39, 0.29) is 23.8 Å². The third-order valence-corrected chi connectivity index (χ3v) is 3.66. The Morgan fingerprint density at radius 3 is 2.55 bits per heavy atom. The Morgan fingerprint density at radius 2 is 2.00 bits per heavy atom. The number of benzene rings is 1. The SMILES string of the molecule is O=[N+]([O-])c1ccc(OCCCCCS(=O)(=O)Cl)c(F)c1. The summed E-state index contributed by atoms with van der Waals surface area (Å²) in [5.41, 5.74) is -0.345. The molecule has 0 spiro atoms. The van der Waals surface area contributed by atoms with Gasteiger partial charge in [-0.15, -0.1) is 0 Å². The molecule has 6 nitrogen and oxygen atoms in total. The second kappa shape index (κ2) is 7.39. The molecular weight excluding hydrogens is 313 g/mol. The topological polar surface area (TPSA) is 86.5 Å². The number of unbranched alkanes of at least 4 members (excludes halogenated alkanes) is 2. The monoisotopic (exact) mass is 325 g/mol. The van der Waals surface area contributed by atoms with Crippen molar-refractivity contribution in [2.45, 2.75) is 19.3 Å². The molecule has 0 heterocycles. The molecular formula is C11H13ClFNO5S. The summed E-state index contributed by atoms with van der Waals surface area (Å²) in [5.74, 6) is -0.983. The Balaban J connectivity index is 2.34. The molecule has 0 aliphatic rings. The van der Waals surface area contributed by atoms with Crippen molar-refractivity contribution in [1.29, 1.82) is 0 Å². The van der Waals surface area contributed by atoms with E-state index in [1.165, 1.54) is 6.07 Å². The van der Waals surface area contributed by atoms with Crippen LogP contribution in [0.5, 0.6) is 5.75 Å². The van der Waals surface area contributed by atoms with Gasteiger partial charge in [0.1, 0.15) is 0 Å². The van der Waals surface area contributed by atoms with E-state index in [2.05, 4.69) is 0 Å². The maximum atomic E-state index is 13.4. The molecule has 20 heavy (non-hydrogen) atoms. The molecule has 9 heteroatoms. The van der Waals surface area contributed by atoms with Gasteiger partial charge in [-0.2, -0.15) is 0 Å². The second-order valence-corrected chi connectivity index (χ2v) is 6.92. The first-order valence-corrected chi connectivity index (χ1v) is 8.26. The lowest BCUT2D eigenvalue weighted by atomic mass is 10.2. The summed E-state index contributed by atoms with van der Waals surface area (Å²) in [6.45, 7) is 0.192. The van der Waals surface area contributed by atoms with Gasteiger partial charge in [0.25, 0.3) is 5.69 Å². The van der Waals surface area contributed by atoms with E-state index in [1.807, 2.05) is 0 Å². The number of hydrogen-bond donors (Lipinski definition) is 0. The molecule has 112 valence electrons. The Labute approximate surface area is 120 Å². The van der Waals surface area contributed by atoms with Crippen molar-refractivity contribution in [3.05, 3.63) is 34.1 Å². The summed E-state index contributed by atoms with van der Waals surface area (Å²) in [7, 11) is 1.56. The van der Waals surface area contributed by atoms with Crippen LogP contribution in [0.2, 0.25) is 0 Å². The summed E-state index contributed by atoms with van der Waals surface area (Å²) >= 11 is 0. The van der Waals surface area contributed by atoms with E-state index in [0.717, 1.165) is 12.1 Å². The van der Waals surface area contributed by atoms with Crippen LogP contribution >= 0.6 is 10.7 Å². The van der Waals surface area contributed by atoms with Crippen LogP contribution in [-0.4, -0.2) is 25.7 Å². The van der Waals surface area contributed by atoms with Crippen LogP contribution < -0.4 is 4.74 Å². The first-order chi connectivity index (χ1) is 9.29. The number of rotatable bonds is 8. The van der Waals surface area contributed by atoms with Crippen LogP contribution in [0.3, 0.4) is 0 Å². The molecule has 0 aliphatic carbocycles. The molecule has 0 fully saturated rings. The van der Waals surface area contributed by atoms with E-state index in [4.69, 9.17) is 15.4 Å². The molecule has 0 N–H and O–H groups in total. The Bertz CT molecular complexity index is 578. The third kappa shape index (κ3) is 6.16. The largest absolute Gasteiger partial charge is 0.491 e. The molecule has 1 aromatic rings. The van der Waals surface area contributed by atoms with Crippen molar-refractivity contribution in [3.8, 4) is 5.75 Å². The highest BCUT2D eigenvalue weighted by Gasteiger charge is 2.11. The molecule has 1 aromatic carbocycles. The average Bonchev–Trinajstić information content (AvgIpc) is 2.33. The van der Waals surface area contributed by atoms with Crippen LogP contribution in [0.1, 0.15) is 19.3 Å². The van der Waals surface area contributed by atoms with E-state index in [9.17, 15) is 22.9 Å². The second-order valence-electron chi connectivity index (χ2n) is 4.02. The van der Waals surface area contributed by atoms with Crippen molar-refractivity contribution < 1.29 is 22.5 Å². The van der Waals surface area contributed by atoms with Gasteiger partial charge >= 0.3 is 0 Å². The van der Waals surface area contributed by atoms with Gasteiger partial charge in [0.05, 0.1) is 23.3 Å². The molecule has 0 saturated carbocycles. The standard InChI is InChI=1S/C11H13ClFNO5S/c12-20(17,18)7-3-1-2-6-19-11-5-4-9(14(15)16)8-10(11)13/h4-5,8H,1-3,6-7H2. The van der Waals surface area contributed by atoms with Crippen LogP contribution in [0.15, 0.2) is 18.2 Å². The number of hydrogen-bond acceptors (Lipinski definition) is 5. The van der Waals surface area contributed by atoms with Crippen molar-refractivity contribution in [2.24, 2.45) is 0 Å². The Morgan fingerprint density at radius 1 is 1.30 bits per heavy atom. The number of nitro groups is 1. The van der Waals surface area contributed by atoms with Crippen molar-refractivity contribution in [2.75, 3.05) is 12.4 Å². The minimum Gasteiger partial charge on any atom is -0.491 e. The predicted molar refractivity (Wildman–Crippen MR) is 72.0 cm³/mol. The van der Waals surface area contributed by atoms with Gasteiger partial charge in [0.2, 0.25) is 9.05 Å². The van der Waals surface area contributed by atoms with E-state index < -0.39 is 19.8 Å². The van der Waals surface area contributed by atoms with Crippen LogP contribution in [0.25, 0.3) is 0 Å². The third-order valence-electron chi connectivity index (χ3n) is 2.42. The summed E-state index contributed by atoms with van der Waals surface area (Å²) < 4.78 is 39.8. The van der Waals surface area contributed by atoms with Gasteiger partial charge in [-0.1, -0.05) is 0 Å². The Hall–Kier alpha value is -1.41. The predicted octanol–water partition coefficient (Wildman–Crippen LogP) is 2.85. The highest BCUT2D eigenvalue weighted by molar-refractivity contribution is 8.13. The zero-order chi connectivity index (χ0) is 15.2. The van der Waals surface area contributed by atoms with Crippen LogP contribution in [0.4, 0.5) is 10.1 Å². The average molecular weight is 326 g/mol. The number of non-ortho nitro benzene ring substituents is 1. The normalized spacial score (nSPS) is 11.3. The van der Waals surface area contributed by atoms with Gasteiger partial charge in [0, 0.05) is 16.7 Å². The molecule has 0 atom stereocenters. The molecule has 0 bridgehead atoms. The number of ether oxygens (including phenoxy) is 1. The zero-order valence-electron chi connectivity index (χ0n) is 10.4. The smallest absolute Gasteiger partial charge is 0.272 e. The number of nitro benzene ring substituents is 1. The lowest BCUT2D eigenvalue weighted by molar-refractivity contribution is -0.385. The molecule has 1 rings (SSSR count). The highest BCUT2D eigenvalue weighted by atomic mass is 35.7. The van der Waals surface area contributed by atoms with Gasteiger partial charge < -0.3 is 4.74 Å². The van der Waals surface area contributed by atoms with E-state index in [1.54, 1.807) is 0 Å². The zero-order valence-corrected chi connectivity index (χ0v) is 12.0. The van der Waals surface area contributed by atoms with Gasteiger partial charge in [-0.3, -0.25) is 10.1 Å². The summed E-state index contributed by atoms with van der Waals surface area (Å²) in [5, 5.41) is 10.4. The fourth-order valence-corrected chi connectivity index (χ4v) is 2.33. The summed E-state index contributed by atoms with van der Waals surface area (Å²) in [4.78, 5) is 9.72. The maximum absolute atomic E-state index is 13.4. The fourth-order valence-electron chi connectivity index (χ4n) is 1.46. The molecule has 0 amide bonds. The van der Waals surface area contributed by atoms with Gasteiger partial charge in [-0.05, 0) is 25.3 Å². The minimum atomic E-state index is -3.48. The van der Waals surface area contributed by atoms with Crippen LogP contribution in [-0.2, 0) is 9.05 Å². The quantitative estimate of drug-likeness (QED) is 0.317. The van der Waals surface area contributed by atoms with Crippen LogP contribution in [0, 0.1) is 15.9 Å². The molecule has 0 unspecified atom stereocenters. The molecule has 0 radical (unpaired) electrons. The highest BCUT2D eigenvalue weighted by Crippen LogP contribution is 2.22. The van der Waals surface area contributed by atoms with E-state index >= 15 is 0 Å². The van der Waals surface area contributed by atoms with Gasteiger partial charge in [0.15, 0.2) is 11.6 Å². The molecule has 0 aliphatic heterocycles. The fraction of sp³-hybridized carbons (Fsp3) is 0.455. The lowest BCUT2D eigenvalue weighted by Crippen LogP contribution is -2.02. The first-order valence-electron chi connectivity index (χ1n) is 5.78. The van der Waals surface area contributed by atoms with Crippen molar-refractivity contribution in [3.63, 3.8) is 0 Å². The summed E-state index contributed by atoms with van der Waals surface area (Å²) in [6, 6.07) is 3.13. The first kappa shape index (κ1) is 16.6.